The third-order valence-electron chi connectivity index (χ3n) is 2.25. The molecule has 0 aromatic heterocycles. The van der Waals surface area contributed by atoms with Crippen molar-refractivity contribution in [3.05, 3.63) is 35.4 Å². The van der Waals surface area contributed by atoms with Gasteiger partial charge in [-0.2, -0.15) is 0 Å². The molecule has 0 N–H and O–H groups in total. The summed E-state index contributed by atoms with van der Waals surface area (Å²) in [6.07, 6.45) is -0.587. The van der Waals surface area contributed by atoms with Gasteiger partial charge in [-0.3, -0.25) is 9.59 Å². The zero-order valence-electron chi connectivity index (χ0n) is 10.3. The van der Waals surface area contributed by atoms with Gasteiger partial charge in [-0.1, -0.05) is 24.3 Å². The second-order valence-electron chi connectivity index (χ2n) is 3.78. The van der Waals surface area contributed by atoms with Crippen LogP contribution in [0.25, 0.3) is 0 Å². The maximum Gasteiger partial charge on any atom is 0.303 e. The first kappa shape index (κ1) is 14.5. The number of carbonyl (C=O) groups excluding carboxylic acids is 2. The molecule has 0 aliphatic carbocycles. The summed E-state index contributed by atoms with van der Waals surface area (Å²) in [7, 11) is 0. The maximum absolute atomic E-state index is 11.0. The highest BCUT2D eigenvalue weighted by atomic mass is 35.5. The molecule has 4 nitrogen and oxygen atoms in total. The molecule has 0 saturated heterocycles. The number of ether oxygens (including phenoxy) is 2. The van der Waals surface area contributed by atoms with Gasteiger partial charge in [0.1, 0.15) is 6.61 Å². The Balaban J connectivity index is 2.79. The van der Waals surface area contributed by atoms with Gasteiger partial charge in [0.2, 0.25) is 0 Å². The molecule has 0 fully saturated rings. The Kier molecular flexibility index (Phi) is 5.65. The fourth-order valence-corrected chi connectivity index (χ4v) is 1.59. The monoisotopic (exact) mass is 270 g/mol. The summed E-state index contributed by atoms with van der Waals surface area (Å²) in [6.45, 7) is 2.63. The molecule has 1 rings (SSSR count). The molecule has 0 amide bonds. The Hall–Kier alpha value is -1.55. The maximum atomic E-state index is 11.0. The summed E-state index contributed by atoms with van der Waals surface area (Å²) in [5, 5.41) is 0. The lowest BCUT2D eigenvalue weighted by Crippen LogP contribution is -2.16. The van der Waals surface area contributed by atoms with Crippen LogP contribution in [-0.2, 0) is 24.9 Å². The molecular formula is C13H15ClO4. The summed E-state index contributed by atoms with van der Waals surface area (Å²) in [4.78, 5) is 21.8. The fourth-order valence-electron chi connectivity index (χ4n) is 1.41. The van der Waals surface area contributed by atoms with Gasteiger partial charge in [0.25, 0.3) is 0 Å². The fraction of sp³-hybridized carbons (Fsp3) is 0.385. The second kappa shape index (κ2) is 7.01. The van der Waals surface area contributed by atoms with E-state index >= 15 is 0 Å². The smallest absolute Gasteiger partial charge is 0.303 e. The van der Waals surface area contributed by atoms with Crippen molar-refractivity contribution in [1.82, 2.24) is 0 Å². The zero-order chi connectivity index (χ0) is 13.5. The van der Waals surface area contributed by atoms with Gasteiger partial charge in [0.15, 0.2) is 6.10 Å². The molecule has 1 atom stereocenters. The van der Waals surface area contributed by atoms with Gasteiger partial charge in [-0.05, 0) is 11.1 Å². The van der Waals surface area contributed by atoms with Crippen LogP contribution in [0.2, 0.25) is 0 Å². The predicted octanol–water partition coefficient (Wildman–Crippen LogP) is 2.59. The van der Waals surface area contributed by atoms with E-state index in [0.717, 1.165) is 11.1 Å². The average Bonchev–Trinajstić information content (AvgIpc) is 2.34. The highest BCUT2D eigenvalue weighted by Crippen LogP contribution is 2.19. The van der Waals surface area contributed by atoms with Crippen molar-refractivity contribution >= 4 is 23.5 Å². The molecule has 98 valence electrons. The third-order valence-corrected chi connectivity index (χ3v) is 2.56. The molecular weight excluding hydrogens is 256 g/mol. The van der Waals surface area contributed by atoms with E-state index in [4.69, 9.17) is 21.1 Å². The molecule has 1 aromatic rings. The number of alkyl halides is 1. The molecule has 0 heterocycles. The van der Waals surface area contributed by atoms with E-state index in [-0.39, 0.29) is 6.61 Å². The highest BCUT2D eigenvalue weighted by molar-refractivity contribution is 6.17. The molecule has 0 aliphatic heterocycles. The molecule has 0 bridgehead atoms. The number of carbonyl (C=O) groups is 2. The van der Waals surface area contributed by atoms with Gasteiger partial charge in [-0.25, -0.2) is 0 Å². The van der Waals surface area contributed by atoms with E-state index in [9.17, 15) is 9.59 Å². The predicted molar refractivity (Wildman–Crippen MR) is 67.1 cm³/mol. The minimum atomic E-state index is -0.587. The molecule has 18 heavy (non-hydrogen) atoms. The minimum absolute atomic E-state index is 0.00906. The highest BCUT2D eigenvalue weighted by Gasteiger charge is 2.16. The average molecular weight is 271 g/mol. The molecule has 0 aliphatic rings. The van der Waals surface area contributed by atoms with Crippen LogP contribution in [0.1, 0.15) is 31.1 Å². The standard InChI is InChI=1S/C13H15ClO4/c1-9(15)17-8-13(18-10(2)16)12-5-3-11(7-14)4-6-12/h3-6,13H,7-8H2,1-2H3/t13-/m1/s1. The van der Waals surface area contributed by atoms with E-state index in [1.165, 1.54) is 13.8 Å². The van der Waals surface area contributed by atoms with Crippen molar-refractivity contribution < 1.29 is 19.1 Å². The third kappa shape index (κ3) is 4.75. The summed E-state index contributed by atoms with van der Waals surface area (Å²) < 4.78 is 9.98. The molecule has 1 aromatic carbocycles. The molecule has 0 radical (unpaired) electrons. The largest absolute Gasteiger partial charge is 0.462 e. The summed E-state index contributed by atoms with van der Waals surface area (Å²) in [5.74, 6) is -0.416. The minimum Gasteiger partial charge on any atom is -0.462 e. The number of halogens is 1. The van der Waals surface area contributed by atoms with Gasteiger partial charge in [0.05, 0.1) is 0 Å². The first-order valence-corrected chi connectivity index (χ1v) is 6.01. The first-order chi connectivity index (χ1) is 8.52. The van der Waals surface area contributed by atoms with Crippen LogP contribution in [0.5, 0.6) is 0 Å². The van der Waals surface area contributed by atoms with Crippen molar-refractivity contribution in [3.8, 4) is 0 Å². The molecule has 0 unspecified atom stereocenters. The van der Waals surface area contributed by atoms with Crippen molar-refractivity contribution in [2.24, 2.45) is 0 Å². The number of rotatable bonds is 5. The van der Waals surface area contributed by atoms with E-state index in [0.29, 0.717) is 5.88 Å². The van der Waals surface area contributed by atoms with E-state index < -0.39 is 18.0 Å². The van der Waals surface area contributed by atoms with Crippen LogP contribution in [0.4, 0.5) is 0 Å². The van der Waals surface area contributed by atoms with E-state index in [1.807, 2.05) is 12.1 Å². The quantitative estimate of drug-likeness (QED) is 0.610. The van der Waals surface area contributed by atoms with Crippen molar-refractivity contribution in [1.29, 1.82) is 0 Å². The van der Waals surface area contributed by atoms with Crippen LogP contribution in [0.3, 0.4) is 0 Å². The van der Waals surface area contributed by atoms with E-state index in [2.05, 4.69) is 0 Å². The Morgan fingerprint density at radius 2 is 1.78 bits per heavy atom. The number of benzene rings is 1. The van der Waals surface area contributed by atoms with E-state index in [1.54, 1.807) is 12.1 Å². The Morgan fingerprint density at radius 3 is 2.22 bits per heavy atom. The lowest BCUT2D eigenvalue weighted by molar-refractivity contribution is -0.156. The van der Waals surface area contributed by atoms with Crippen LogP contribution in [0.15, 0.2) is 24.3 Å². The summed E-state index contributed by atoms with van der Waals surface area (Å²) in [6, 6.07) is 7.28. The molecule has 0 spiro atoms. The number of hydrogen-bond donors (Lipinski definition) is 0. The SMILES string of the molecule is CC(=O)OC[C@@H](OC(C)=O)c1ccc(CCl)cc1. The molecule has 5 heteroatoms. The number of esters is 2. The summed E-state index contributed by atoms with van der Waals surface area (Å²) >= 11 is 5.69. The van der Waals surface area contributed by atoms with Crippen LogP contribution < -0.4 is 0 Å². The van der Waals surface area contributed by atoms with Crippen molar-refractivity contribution in [2.75, 3.05) is 6.61 Å². The van der Waals surface area contributed by atoms with Gasteiger partial charge < -0.3 is 9.47 Å². The van der Waals surface area contributed by atoms with Crippen LogP contribution >= 0.6 is 11.6 Å². The Bertz CT molecular complexity index is 414. The normalized spacial score (nSPS) is 11.7. The Morgan fingerprint density at radius 1 is 1.17 bits per heavy atom. The van der Waals surface area contributed by atoms with Gasteiger partial charge in [-0.15, -0.1) is 11.6 Å². The van der Waals surface area contributed by atoms with Gasteiger partial charge >= 0.3 is 11.9 Å². The van der Waals surface area contributed by atoms with Crippen molar-refractivity contribution in [2.45, 2.75) is 25.8 Å². The second-order valence-corrected chi connectivity index (χ2v) is 4.04. The van der Waals surface area contributed by atoms with Crippen LogP contribution in [-0.4, -0.2) is 18.5 Å². The number of hydrogen-bond acceptors (Lipinski definition) is 4. The lowest BCUT2D eigenvalue weighted by atomic mass is 10.1. The zero-order valence-corrected chi connectivity index (χ0v) is 11.1. The van der Waals surface area contributed by atoms with Gasteiger partial charge in [0, 0.05) is 19.7 Å². The lowest BCUT2D eigenvalue weighted by Gasteiger charge is -2.17. The van der Waals surface area contributed by atoms with Crippen LogP contribution in [0, 0.1) is 0 Å². The topological polar surface area (TPSA) is 52.6 Å². The molecule has 0 saturated carbocycles. The van der Waals surface area contributed by atoms with Crippen molar-refractivity contribution in [3.63, 3.8) is 0 Å². The Labute approximate surface area is 111 Å². The summed E-state index contributed by atoms with van der Waals surface area (Å²) in [5.41, 5.74) is 1.73. The first-order valence-electron chi connectivity index (χ1n) is 5.48.